The monoisotopic (exact) mass is 554 g/mol. The molecule has 2 aliphatic heterocycles. The lowest BCUT2D eigenvalue weighted by Crippen LogP contribution is -2.53. The summed E-state index contributed by atoms with van der Waals surface area (Å²) in [4.78, 5) is 39.9. The number of aliphatic hydroxyl groups is 2. The molecule has 2 saturated heterocycles. The number of rotatable bonds is 1. The second-order valence-electron chi connectivity index (χ2n) is 14.9. The van der Waals surface area contributed by atoms with Crippen LogP contribution >= 0.6 is 0 Å². The molecule has 40 heavy (non-hydrogen) atoms. The second-order valence-corrected chi connectivity index (χ2v) is 14.9. The zero-order chi connectivity index (χ0) is 28.8. The number of carbonyl (C=O) groups is 3. The van der Waals surface area contributed by atoms with Crippen LogP contribution < -0.4 is 0 Å². The van der Waals surface area contributed by atoms with E-state index in [0.29, 0.717) is 24.8 Å². The maximum absolute atomic E-state index is 14.6. The van der Waals surface area contributed by atoms with Crippen LogP contribution in [0.25, 0.3) is 0 Å². The van der Waals surface area contributed by atoms with Crippen LogP contribution in [0.3, 0.4) is 0 Å². The number of esters is 3. The Hall–Kier alpha value is -2.19. The molecule has 6 fully saturated rings. The average molecular weight is 555 g/mol. The van der Waals surface area contributed by atoms with Crippen LogP contribution in [0.5, 0.6) is 0 Å². The van der Waals surface area contributed by atoms with Crippen molar-refractivity contribution in [3.8, 4) is 0 Å². The highest BCUT2D eigenvalue weighted by molar-refractivity contribution is 5.91. The maximum Gasteiger partial charge on any atom is 0.334 e. The summed E-state index contributed by atoms with van der Waals surface area (Å²) in [5, 5.41) is 24.0. The topological polar surface area (TPSA) is 119 Å². The molecule has 8 nitrogen and oxygen atoms in total. The Morgan fingerprint density at radius 3 is 2.50 bits per heavy atom. The summed E-state index contributed by atoms with van der Waals surface area (Å²) in [6.45, 7) is 13.3. The van der Waals surface area contributed by atoms with Crippen molar-refractivity contribution < 1.29 is 38.8 Å². The van der Waals surface area contributed by atoms with E-state index in [2.05, 4.69) is 25.7 Å². The third-order valence-corrected chi connectivity index (χ3v) is 13.2. The van der Waals surface area contributed by atoms with Crippen LogP contribution in [-0.2, 0) is 28.6 Å². The summed E-state index contributed by atoms with van der Waals surface area (Å²) in [6, 6.07) is 0. The van der Waals surface area contributed by atoms with E-state index in [0.717, 1.165) is 12.8 Å². The van der Waals surface area contributed by atoms with Crippen LogP contribution in [0, 0.1) is 51.8 Å². The smallest absolute Gasteiger partial charge is 0.334 e. The van der Waals surface area contributed by atoms with E-state index in [1.165, 1.54) is 6.92 Å². The van der Waals surface area contributed by atoms with Gasteiger partial charge in [0.1, 0.15) is 18.3 Å². The Bertz CT molecular complexity index is 1250. The molecule has 7 rings (SSSR count). The van der Waals surface area contributed by atoms with Gasteiger partial charge in [-0.15, -0.1) is 0 Å². The van der Waals surface area contributed by atoms with Gasteiger partial charge in [0.15, 0.2) is 0 Å². The van der Waals surface area contributed by atoms with E-state index in [9.17, 15) is 24.6 Å². The lowest BCUT2D eigenvalue weighted by molar-refractivity contribution is -0.165. The highest BCUT2D eigenvalue weighted by atomic mass is 16.6. The largest absolute Gasteiger partial charge is 0.462 e. The number of ether oxygens (including phenoxy) is 3. The van der Waals surface area contributed by atoms with E-state index in [1.54, 1.807) is 0 Å². The first-order valence-electron chi connectivity index (χ1n) is 15.0. The molecule has 0 aromatic carbocycles. The predicted molar refractivity (Wildman–Crippen MR) is 142 cm³/mol. The molecule has 2 bridgehead atoms. The van der Waals surface area contributed by atoms with Gasteiger partial charge in [0.2, 0.25) is 0 Å². The maximum atomic E-state index is 14.6. The lowest BCUT2D eigenvalue weighted by Gasteiger charge is -2.46. The zero-order valence-corrected chi connectivity index (χ0v) is 24.1. The molecular weight excluding hydrogens is 512 g/mol. The van der Waals surface area contributed by atoms with E-state index in [4.69, 9.17) is 14.2 Å². The minimum Gasteiger partial charge on any atom is -0.462 e. The normalized spacial score (nSPS) is 57.6. The van der Waals surface area contributed by atoms with Crippen LogP contribution in [0.15, 0.2) is 24.3 Å². The molecule has 5 aliphatic carbocycles. The van der Waals surface area contributed by atoms with E-state index in [-0.39, 0.29) is 42.0 Å². The standard InChI is InChI=1S/C32H42O8/c1-15-7-8-19-21(15)24-22(20(38-17(3)33)13-29(19,5)36)32(27(35)40-24)14-31-12-11-28(32,4)25(31)23-18(9-10-30(31,6)37)16(2)26(34)39-23/h11-12,15,18-25,36-37H,2,7-10,13-14H2,1,3-6H3/t15-,18-,19-,20-,21-,22+,23-,24+,25-,28-,29+,30+,31-,32-/m0/s1. The van der Waals surface area contributed by atoms with Gasteiger partial charge in [-0.2, -0.15) is 0 Å². The van der Waals surface area contributed by atoms with Crippen molar-refractivity contribution in [3.05, 3.63) is 24.3 Å². The minimum absolute atomic E-state index is 0.0739. The SMILES string of the molecule is C=C1C(=O)O[C@H]2[C@H]1CC[C@@](C)(O)[C@]13C=C[C@@](C)([C@H]21)[C@]1(C3)C(=O)O[C@@H]2[C@H]3[C@@H](C)CC[C@@H]3[C@](C)(O)C[C@H](OC(C)=O)[C@H]21. The Kier molecular flexibility index (Phi) is 5.20. The van der Waals surface area contributed by atoms with E-state index < -0.39 is 63.6 Å². The number of fused-ring (bicyclic) bond motifs is 6. The highest BCUT2D eigenvalue weighted by Gasteiger charge is 2.84. The molecule has 0 amide bonds. The fraction of sp³-hybridized carbons (Fsp3) is 0.781. The highest BCUT2D eigenvalue weighted by Crippen LogP contribution is 2.80. The molecular formula is C32H42O8. The number of carbonyl (C=O) groups excluding carboxylic acids is 3. The van der Waals surface area contributed by atoms with Crippen molar-refractivity contribution in [2.75, 3.05) is 0 Å². The van der Waals surface area contributed by atoms with Crippen molar-refractivity contribution >= 4 is 17.9 Å². The van der Waals surface area contributed by atoms with Crippen LogP contribution in [0.1, 0.15) is 73.1 Å². The van der Waals surface area contributed by atoms with E-state index in [1.807, 2.05) is 20.8 Å². The molecule has 0 unspecified atom stereocenters. The van der Waals surface area contributed by atoms with Crippen LogP contribution in [0.4, 0.5) is 0 Å². The fourth-order valence-electron chi connectivity index (χ4n) is 11.4. The van der Waals surface area contributed by atoms with Gasteiger partial charge in [-0.1, -0.05) is 32.6 Å². The predicted octanol–water partition coefficient (Wildman–Crippen LogP) is 3.49. The quantitative estimate of drug-likeness (QED) is 0.219. The molecule has 7 aliphatic rings. The molecule has 0 aromatic heterocycles. The molecule has 0 aromatic rings. The van der Waals surface area contributed by atoms with Gasteiger partial charge in [-0.3, -0.25) is 9.59 Å². The zero-order valence-electron chi connectivity index (χ0n) is 24.1. The third kappa shape index (κ3) is 2.88. The van der Waals surface area contributed by atoms with Crippen LogP contribution in [-0.4, -0.2) is 57.6 Å². The first-order chi connectivity index (χ1) is 18.6. The summed E-state index contributed by atoms with van der Waals surface area (Å²) in [6.07, 6.45) is 5.61. The molecule has 8 heteroatoms. The molecule has 2 heterocycles. The molecule has 4 saturated carbocycles. The summed E-state index contributed by atoms with van der Waals surface area (Å²) in [7, 11) is 0. The number of hydrogen-bond donors (Lipinski definition) is 2. The Morgan fingerprint density at radius 2 is 1.80 bits per heavy atom. The summed E-state index contributed by atoms with van der Waals surface area (Å²) in [5.41, 5.74) is -4.68. The molecule has 0 radical (unpaired) electrons. The van der Waals surface area contributed by atoms with Crippen molar-refractivity contribution in [2.45, 2.75) is 103 Å². The van der Waals surface area contributed by atoms with Crippen molar-refractivity contribution in [1.82, 2.24) is 0 Å². The van der Waals surface area contributed by atoms with Crippen molar-refractivity contribution in [2.24, 2.45) is 51.8 Å². The van der Waals surface area contributed by atoms with Crippen molar-refractivity contribution in [3.63, 3.8) is 0 Å². The first-order valence-corrected chi connectivity index (χ1v) is 15.0. The molecule has 218 valence electrons. The van der Waals surface area contributed by atoms with Crippen molar-refractivity contribution in [1.29, 1.82) is 0 Å². The summed E-state index contributed by atoms with van der Waals surface area (Å²) < 4.78 is 18.6. The van der Waals surface area contributed by atoms with Gasteiger partial charge in [-0.05, 0) is 57.8 Å². The average Bonchev–Trinajstić information content (AvgIpc) is 3.56. The van der Waals surface area contributed by atoms with Gasteiger partial charge < -0.3 is 24.4 Å². The third-order valence-electron chi connectivity index (χ3n) is 13.2. The Labute approximate surface area is 235 Å². The number of hydrogen-bond acceptors (Lipinski definition) is 8. The summed E-state index contributed by atoms with van der Waals surface area (Å²) in [5.74, 6) is -2.27. The van der Waals surface area contributed by atoms with Gasteiger partial charge in [0.05, 0.1) is 22.5 Å². The van der Waals surface area contributed by atoms with Gasteiger partial charge >= 0.3 is 17.9 Å². The second kappa shape index (κ2) is 7.80. The molecule has 14 atom stereocenters. The Balaban J connectivity index is 1.44. The van der Waals surface area contributed by atoms with E-state index >= 15 is 0 Å². The first kappa shape index (κ1) is 26.7. The summed E-state index contributed by atoms with van der Waals surface area (Å²) >= 11 is 0. The Morgan fingerprint density at radius 1 is 1.07 bits per heavy atom. The van der Waals surface area contributed by atoms with Gasteiger partial charge in [0, 0.05) is 47.5 Å². The van der Waals surface area contributed by atoms with Crippen LogP contribution in [0.2, 0.25) is 0 Å². The minimum atomic E-state index is -1.18. The fourth-order valence-corrected chi connectivity index (χ4v) is 11.4. The van der Waals surface area contributed by atoms with Gasteiger partial charge in [0.25, 0.3) is 0 Å². The number of allylic oxidation sites excluding steroid dienone is 1. The molecule has 1 spiro atoms. The van der Waals surface area contributed by atoms with Gasteiger partial charge in [-0.25, -0.2) is 4.79 Å². The lowest BCUT2D eigenvalue weighted by atomic mass is 9.54. The molecule has 2 N–H and O–H groups in total.